The monoisotopic (exact) mass is 338 g/mol. The van der Waals surface area contributed by atoms with Gasteiger partial charge in [-0.15, -0.1) is 0 Å². The van der Waals surface area contributed by atoms with Gasteiger partial charge in [0.2, 0.25) is 5.91 Å². The molecule has 1 N–H and O–H groups in total. The number of carbonyl (C=O) groups is 1. The molecule has 0 saturated heterocycles. The summed E-state index contributed by atoms with van der Waals surface area (Å²) in [6.07, 6.45) is 3.54. The van der Waals surface area contributed by atoms with Gasteiger partial charge in [0.05, 0.1) is 0 Å². The van der Waals surface area contributed by atoms with Crippen LogP contribution in [0.2, 0.25) is 0 Å². The Kier molecular flexibility index (Phi) is 4.61. The smallest absolute Gasteiger partial charge is 0.228 e. The Morgan fingerprint density at radius 1 is 1.16 bits per heavy atom. The molecule has 0 unspecified atom stereocenters. The fourth-order valence-corrected chi connectivity index (χ4v) is 2.46. The lowest BCUT2D eigenvalue weighted by atomic mass is 10.0. The van der Waals surface area contributed by atoms with E-state index in [1.165, 1.54) is 12.1 Å². The van der Waals surface area contributed by atoms with Crippen molar-refractivity contribution in [1.82, 2.24) is 14.8 Å². The third-order valence-electron chi connectivity index (χ3n) is 3.79. The van der Waals surface area contributed by atoms with Crippen molar-refractivity contribution in [3.8, 4) is 22.4 Å². The highest BCUT2D eigenvalue weighted by molar-refractivity contribution is 5.92. The number of hydrogen-bond donors (Lipinski definition) is 1. The van der Waals surface area contributed by atoms with Crippen LogP contribution in [0.1, 0.15) is 13.8 Å². The van der Waals surface area contributed by atoms with Crippen molar-refractivity contribution in [3.05, 3.63) is 54.6 Å². The molecule has 0 aliphatic heterocycles. The molecule has 0 fully saturated rings. The largest absolute Gasteiger partial charge is 0.310 e. The number of nitrogens with one attached hydrogen (secondary N) is 1. The minimum absolute atomic E-state index is 0.0883. The average molecular weight is 338 g/mol. The Hall–Kier alpha value is -3.02. The Morgan fingerprint density at radius 3 is 2.56 bits per heavy atom. The summed E-state index contributed by atoms with van der Waals surface area (Å²) in [6, 6.07) is 9.89. The van der Waals surface area contributed by atoms with E-state index in [1.54, 1.807) is 23.0 Å². The number of pyridine rings is 1. The van der Waals surface area contributed by atoms with Gasteiger partial charge in [-0.3, -0.25) is 9.48 Å². The number of aryl methyl sites for hydroxylation is 1. The second-order valence-electron chi connectivity index (χ2n) is 6.15. The van der Waals surface area contributed by atoms with E-state index in [0.717, 1.165) is 22.4 Å². The zero-order valence-electron chi connectivity index (χ0n) is 14.3. The van der Waals surface area contributed by atoms with Crippen LogP contribution in [0.25, 0.3) is 22.4 Å². The molecule has 3 aromatic rings. The summed E-state index contributed by atoms with van der Waals surface area (Å²) in [7, 11) is 1.83. The minimum atomic E-state index is -0.288. The van der Waals surface area contributed by atoms with E-state index in [1.807, 2.05) is 39.2 Å². The van der Waals surface area contributed by atoms with E-state index in [4.69, 9.17) is 0 Å². The summed E-state index contributed by atoms with van der Waals surface area (Å²) in [5.41, 5.74) is 3.33. The minimum Gasteiger partial charge on any atom is -0.310 e. The normalized spacial score (nSPS) is 10.9. The summed E-state index contributed by atoms with van der Waals surface area (Å²) in [5, 5.41) is 7.29. The Morgan fingerprint density at radius 2 is 1.88 bits per heavy atom. The summed E-state index contributed by atoms with van der Waals surface area (Å²) in [5.74, 6) is -0.0119. The van der Waals surface area contributed by atoms with E-state index in [2.05, 4.69) is 15.4 Å². The number of halogens is 1. The van der Waals surface area contributed by atoms with E-state index in [-0.39, 0.29) is 17.6 Å². The number of hydrogen-bond acceptors (Lipinski definition) is 3. The molecule has 0 atom stereocenters. The molecular formula is C19H19FN4O. The molecule has 6 heteroatoms. The van der Waals surface area contributed by atoms with Crippen LogP contribution in [0.15, 0.2) is 48.8 Å². The van der Waals surface area contributed by atoms with Gasteiger partial charge in [0.25, 0.3) is 0 Å². The highest BCUT2D eigenvalue weighted by Gasteiger charge is 2.14. The lowest BCUT2D eigenvalue weighted by Crippen LogP contribution is -2.18. The van der Waals surface area contributed by atoms with Crippen molar-refractivity contribution < 1.29 is 9.18 Å². The van der Waals surface area contributed by atoms with E-state index < -0.39 is 0 Å². The first kappa shape index (κ1) is 16.8. The van der Waals surface area contributed by atoms with Gasteiger partial charge in [-0.1, -0.05) is 13.8 Å². The molecule has 3 rings (SSSR count). The molecule has 0 aliphatic carbocycles. The zero-order valence-corrected chi connectivity index (χ0v) is 14.3. The van der Waals surface area contributed by atoms with Gasteiger partial charge in [-0.25, -0.2) is 9.37 Å². The number of carbonyl (C=O) groups excluding carboxylic acids is 1. The van der Waals surface area contributed by atoms with Gasteiger partial charge >= 0.3 is 0 Å². The maximum atomic E-state index is 13.2. The van der Waals surface area contributed by atoms with Gasteiger partial charge in [-0.05, 0) is 42.0 Å². The summed E-state index contributed by atoms with van der Waals surface area (Å²) >= 11 is 0. The van der Waals surface area contributed by atoms with Crippen LogP contribution in [0.5, 0.6) is 0 Å². The van der Waals surface area contributed by atoms with Crippen LogP contribution in [-0.2, 0) is 11.8 Å². The molecule has 0 saturated carbocycles. The number of benzene rings is 1. The van der Waals surface area contributed by atoms with Crippen LogP contribution in [0.4, 0.5) is 10.2 Å². The lowest BCUT2D eigenvalue weighted by Gasteiger charge is -2.08. The fourth-order valence-electron chi connectivity index (χ4n) is 2.46. The molecular weight excluding hydrogens is 319 g/mol. The van der Waals surface area contributed by atoms with Crippen molar-refractivity contribution in [1.29, 1.82) is 0 Å². The number of anilines is 1. The Bertz CT molecular complexity index is 900. The molecule has 5 nitrogen and oxygen atoms in total. The van der Waals surface area contributed by atoms with Crippen LogP contribution in [-0.4, -0.2) is 20.7 Å². The first-order chi connectivity index (χ1) is 11.9. The van der Waals surface area contributed by atoms with Crippen molar-refractivity contribution in [3.63, 3.8) is 0 Å². The van der Waals surface area contributed by atoms with Crippen molar-refractivity contribution >= 4 is 11.7 Å². The fraction of sp³-hybridized carbons (Fsp3) is 0.211. The number of nitrogens with zero attached hydrogens (tertiary/aromatic N) is 3. The molecule has 0 spiro atoms. The standard InChI is InChI=1S/C19H19FN4O/c1-12(2)19(25)22-17-10-14(8-9-21-17)16-11-24(3)23-18(16)13-4-6-15(20)7-5-13/h4-12H,1-3H3,(H,21,22,25). The van der Waals surface area contributed by atoms with Gasteiger partial charge in [0.1, 0.15) is 17.3 Å². The summed E-state index contributed by atoms with van der Waals surface area (Å²) in [4.78, 5) is 16.1. The molecule has 0 aliphatic rings. The third-order valence-corrected chi connectivity index (χ3v) is 3.79. The van der Waals surface area contributed by atoms with Gasteiger partial charge in [-0.2, -0.15) is 5.10 Å². The van der Waals surface area contributed by atoms with E-state index >= 15 is 0 Å². The predicted molar refractivity (Wildman–Crippen MR) is 95.3 cm³/mol. The topological polar surface area (TPSA) is 59.8 Å². The van der Waals surface area contributed by atoms with Crippen LogP contribution >= 0.6 is 0 Å². The molecule has 2 heterocycles. The molecule has 1 aromatic carbocycles. The predicted octanol–water partition coefficient (Wildman–Crippen LogP) is 3.88. The molecule has 128 valence electrons. The first-order valence-electron chi connectivity index (χ1n) is 8.01. The Balaban J connectivity index is 2.00. The van der Waals surface area contributed by atoms with Crippen LogP contribution < -0.4 is 5.32 Å². The zero-order chi connectivity index (χ0) is 18.0. The SMILES string of the molecule is CC(C)C(=O)Nc1cc(-c2cn(C)nc2-c2ccc(F)cc2)ccn1. The van der Waals surface area contributed by atoms with E-state index in [0.29, 0.717) is 5.82 Å². The Labute approximate surface area is 145 Å². The maximum absolute atomic E-state index is 13.2. The maximum Gasteiger partial charge on any atom is 0.228 e. The first-order valence-corrected chi connectivity index (χ1v) is 8.01. The van der Waals surface area contributed by atoms with Crippen molar-refractivity contribution in [2.75, 3.05) is 5.32 Å². The lowest BCUT2D eigenvalue weighted by molar-refractivity contribution is -0.118. The van der Waals surface area contributed by atoms with Crippen molar-refractivity contribution in [2.45, 2.75) is 13.8 Å². The summed E-state index contributed by atoms with van der Waals surface area (Å²) < 4.78 is 14.9. The van der Waals surface area contributed by atoms with Gasteiger partial charge in [0, 0.05) is 36.5 Å². The number of aromatic nitrogens is 3. The molecule has 0 bridgehead atoms. The van der Waals surface area contributed by atoms with Crippen LogP contribution in [0, 0.1) is 11.7 Å². The van der Waals surface area contributed by atoms with Gasteiger partial charge in [0.15, 0.2) is 0 Å². The highest BCUT2D eigenvalue weighted by Crippen LogP contribution is 2.31. The molecule has 0 radical (unpaired) electrons. The molecule has 1 amide bonds. The molecule has 2 aromatic heterocycles. The van der Waals surface area contributed by atoms with E-state index in [9.17, 15) is 9.18 Å². The van der Waals surface area contributed by atoms with Crippen molar-refractivity contribution in [2.24, 2.45) is 13.0 Å². The van der Waals surface area contributed by atoms with Crippen LogP contribution in [0.3, 0.4) is 0 Å². The number of amides is 1. The average Bonchev–Trinajstić information content (AvgIpc) is 2.97. The summed E-state index contributed by atoms with van der Waals surface area (Å²) in [6.45, 7) is 3.65. The quantitative estimate of drug-likeness (QED) is 0.785. The third kappa shape index (κ3) is 3.74. The second-order valence-corrected chi connectivity index (χ2v) is 6.15. The second kappa shape index (κ2) is 6.84. The highest BCUT2D eigenvalue weighted by atomic mass is 19.1. The van der Waals surface area contributed by atoms with Gasteiger partial charge < -0.3 is 5.32 Å². The molecule has 25 heavy (non-hydrogen) atoms. The number of rotatable bonds is 4.